The Morgan fingerprint density at radius 3 is 2.79 bits per heavy atom. The van der Waals surface area contributed by atoms with Gasteiger partial charge in [-0.15, -0.1) is 0 Å². The number of hydrogen-bond acceptors (Lipinski definition) is 3. The Morgan fingerprint density at radius 1 is 1.21 bits per heavy atom. The van der Waals surface area contributed by atoms with E-state index in [1.165, 1.54) is 6.07 Å². The highest BCUT2D eigenvalue weighted by Gasteiger charge is 2.23. The van der Waals surface area contributed by atoms with Crippen LogP contribution < -0.4 is 0 Å². The van der Waals surface area contributed by atoms with Gasteiger partial charge in [-0.1, -0.05) is 18.2 Å². The molecule has 3 rings (SSSR count). The lowest BCUT2D eigenvalue weighted by molar-refractivity contribution is -0.132. The molecule has 1 aromatic rings. The maximum absolute atomic E-state index is 13.8. The second kappa shape index (κ2) is 10.7. The molecule has 2 fully saturated rings. The van der Waals surface area contributed by atoms with E-state index in [1.807, 2.05) is 29.0 Å². The van der Waals surface area contributed by atoms with Crippen molar-refractivity contribution in [3.05, 3.63) is 35.6 Å². The Kier molecular flexibility index (Phi) is 8.04. The van der Waals surface area contributed by atoms with Gasteiger partial charge in [-0.3, -0.25) is 9.59 Å². The minimum Gasteiger partial charge on any atom is -0.345 e. The van der Waals surface area contributed by atoms with Gasteiger partial charge in [0.25, 0.3) is 0 Å². The number of halogens is 1. The van der Waals surface area contributed by atoms with Crippen molar-refractivity contribution in [3.8, 4) is 0 Å². The first-order valence-corrected chi connectivity index (χ1v) is 11.0. The maximum Gasteiger partial charge on any atom is 0.222 e. The predicted octanol–water partition coefficient (Wildman–Crippen LogP) is 2.94. The second-order valence-corrected chi connectivity index (χ2v) is 8.51. The largest absolute Gasteiger partial charge is 0.345 e. The van der Waals surface area contributed by atoms with Crippen LogP contribution in [-0.4, -0.2) is 72.8 Å². The first-order valence-electron chi connectivity index (χ1n) is 11.0. The molecule has 1 atom stereocenters. The molecule has 2 saturated heterocycles. The van der Waals surface area contributed by atoms with E-state index < -0.39 is 0 Å². The summed E-state index contributed by atoms with van der Waals surface area (Å²) in [5.74, 6) is 0.740. The smallest absolute Gasteiger partial charge is 0.222 e. The molecule has 1 unspecified atom stereocenters. The zero-order valence-electron chi connectivity index (χ0n) is 17.6. The van der Waals surface area contributed by atoms with Gasteiger partial charge in [0, 0.05) is 52.6 Å². The molecule has 2 aliphatic heterocycles. The molecule has 0 aromatic heterocycles. The molecule has 0 aliphatic carbocycles. The first kappa shape index (κ1) is 21.8. The molecule has 0 bridgehead atoms. The lowest BCUT2D eigenvalue weighted by Gasteiger charge is -2.34. The molecule has 0 spiro atoms. The number of benzene rings is 1. The lowest BCUT2D eigenvalue weighted by atomic mass is 9.97. The molecule has 2 heterocycles. The fourth-order valence-corrected chi connectivity index (χ4v) is 4.52. The van der Waals surface area contributed by atoms with E-state index in [0.717, 1.165) is 70.4 Å². The van der Waals surface area contributed by atoms with E-state index >= 15 is 0 Å². The lowest BCUT2D eigenvalue weighted by Crippen LogP contribution is -2.42. The zero-order chi connectivity index (χ0) is 20.6. The van der Waals surface area contributed by atoms with Gasteiger partial charge < -0.3 is 14.7 Å². The van der Waals surface area contributed by atoms with Gasteiger partial charge in [-0.25, -0.2) is 4.39 Å². The molecule has 2 aliphatic rings. The number of nitrogens with zero attached hydrogens (tertiary/aromatic N) is 3. The Hall–Kier alpha value is -1.95. The summed E-state index contributed by atoms with van der Waals surface area (Å²) >= 11 is 0. The number of carbonyl (C=O) groups is 2. The minimum absolute atomic E-state index is 0.123. The van der Waals surface area contributed by atoms with Crippen molar-refractivity contribution in [1.29, 1.82) is 0 Å². The molecule has 0 N–H and O–H groups in total. The molecule has 5 nitrogen and oxygen atoms in total. The SMILES string of the molecule is CN(CC1CCCN(CCc2ccccc2F)C1)C(=O)CCCN1CCCC1=O. The Bertz CT molecular complexity index is 696. The standard InChI is InChI=1S/C23H34FN3O2/c1-25(22(28)10-5-14-27-15-6-11-23(27)29)17-19-7-4-13-26(18-19)16-12-20-8-2-3-9-21(20)24/h2-3,8-9,19H,4-7,10-18H2,1H3. The van der Waals surface area contributed by atoms with Crippen molar-refractivity contribution in [2.75, 3.05) is 46.3 Å². The highest BCUT2D eigenvalue weighted by atomic mass is 19.1. The van der Waals surface area contributed by atoms with Crippen LogP contribution in [0.15, 0.2) is 24.3 Å². The summed E-state index contributed by atoms with van der Waals surface area (Å²) < 4.78 is 13.8. The molecule has 160 valence electrons. The highest BCUT2D eigenvalue weighted by Crippen LogP contribution is 2.19. The summed E-state index contributed by atoms with van der Waals surface area (Å²) in [6.07, 6.45) is 5.84. The van der Waals surface area contributed by atoms with Crippen molar-refractivity contribution in [3.63, 3.8) is 0 Å². The van der Waals surface area contributed by atoms with E-state index in [2.05, 4.69) is 4.90 Å². The number of hydrogen-bond donors (Lipinski definition) is 0. The monoisotopic (exact) mass is 403 g/mol. The topological polar surface area (TPSA) is 43.9 Å². The van der Waals surface area contributed by atoms with Crippen LogP contribution in [0, 0.1) is 11.7 Å². The molecule has 29 heavy (non-hydrogen) atoms. The third-order valence-electron chi connectivity index (χ3n) is 6.21. The molecule has 6 heteroatoms. The number of piperidine rings is 1. The van der Waals surface area contributed by atoms with Crippen LogP contribution >= 0.6 is 0 Å². The van der Waals surface area contributed by atoms with E-state index in [1.54, 1.807) is 6.07 Å². The van der Waals surface area contributed by atoms with Gasteiger partial charge in [0.2, 0.25) is 11.8 Å². The quantitative estimate of drug-likeness (QED) is 0.637. The van der Waals surface area contributed by atoms with Crippen LogP contribution in [0.5, 0.6) is 0 Å². The van der Waals surface area contributed by atoms with Crippen molar-refractivity contribution in [2.24, 2.45) is 5.92 Å². The second-order valence-electron chi connectivity index (χ2n) is 8.51. The molecule has 0 saturated carbocycles. The number of likely N-dealkylation sites (tertiary alicyclic amines) is 2. The van der Waals surface area contributed by atoms with Crippen LogP contribution in [-0.2, 0) is 16.0 Å². The molecular weight excluding hydrogens is 369 g/mol. The van der Waals surface area contributed by atoms with Crippen molar-refractivity contribution < 1.29 is 14.0 Å². The summed E-state index contributed by atoms with van der Waals surface area (Å²) in [5, 5.41) is 0. The number of rotatable bonds is 9. The Labute approximate surface area is 173 Å². The summed E-state index contributed by atoms with van der Waals surface area (Å²) in [5.41, 5.74) is 0.776. The van der Waals surface area contributed by atoms with Crippen LogP contribution in [0.25, 0.3) is 0 Å². The van der Waals surface area contributed by atoms with Gasteiger partial charge in [0.15, 0.2) is 0 Å². The third kappa shape index (κ3) is 6.53. The zero-order valence-corrected chi connectivity index (χ0v) is 17.6. The minimum atomic E-state index is -0.123. The molecule has 0 radical (unpaired) electrons. The third-order valence-corrected chi connectivity index (χ3v) is 6.21. The molecule has 2 amide bonds. The summed E-state index contributed by atoms with van der Waals surface area (Å²) in [6, 6.07) is 7.00. The van der Waals surface area contributed by atoms with Gasteiger partial charge >= 0.3 is 0 Å². The summed E-state index contributed by atoms with van der Waals surface area (Å²) in [6.45, 7) is 5.19. The average molecular weight is 404 g/mol. The first-order chi connectivity index (χ1) is 14.0. The fraction of sp³-hybridized carbons (Fsp3) is 0.652. The van der Waals surface area contributed by atoms with Crippen molar-refractivity contribution in [2.45, 2.75) is 44.9 Å². The molecule has 1 aromatic carbocycles. The van der Waals surface area contributed by atoms with E-state index in [-0.39, 0.29) is 17.6 Å². The van der Waals surface area contributed by atoms with Gasteiger partial charge in [0.1, 0.15) is 5.82 Å². The Morgan fingerprint density at radius 2 is 2.03 bits per heavy atom. The fourth-order valence-electron chi connectivity index (χ4n) is 4.52. The van der Waals surface area contributed by atoms with Crippen LogP contribution in [0.4, 0.5) is 4.39 Å². The normalized spacial score (nSPS) is 20.3. The van der Waals surface area contributed by atoms with Crippen molar-refractivity contribution in [1.82, 2.24) is 14.7 Å². The Balaban J connectivity index is 1.36. The van der Waals surface area contributed by atoms with E-state index in [0.29, 0.717) is 25.3 Å². The predicted molar refractivity (Wildman–Crippen MR) is 112 cm³/mol. The highest BCUT2D eigenvalue weighted by molar-refractivity contribution is 5.78. The summed E-state index contributed by atoms with van der Waals surface area (Å²) in [4.78, 5) is 30.2. The number of carbonyl (C=O) groups excluding carboxylic acids is 2. The van der Waals surface area contributed by atoms with Crippen LogP contribution in [0.3, 0.4) is 0 Å². The molecular formula is C23H34FN3O2. The van der Waals surface area contributed by atoms with Crippen LogP contribution in [0.1, 0.15) is 44.1 Å². The maximum atomic E-state index is 13.8. The summed E-state index contributed by atoms with van der Waals surface area (Å²) in [7, 11) is 1.89. The number of amides is 2. The van der Waals surface area contributed by atoms with E-state index in [9.17, 15) is 14.0 Å². The van der Waals surface area contributed by atoms with Crippen molar-refractivity contribution >= 4 is 11.8 Å². The van der Waals surface area contributed by atoms with E-state index in [4.69, 9.17) is 0 Å². The van der Waals surface area contributed by atoms with Gasteiger partial charge in [-0.2, -0.15) is 0 Å². The van der Waals surface area contributed by atoms with Crippen LogP contribution in [0.2, 0.25) is 0 Å². The van der Waals surface area contributed by atoms with Gasteiger partial charge in [-0.05, 0) is 56.2 Å². The van der Waals surface area contributed by atoms with Gasteiger partial charge in [0.05, 0.1) is 0 Å². The average Bonchev–Trinajstić information content (AvgIpc) is 3.12.